The van der Waals surface area contributed by atoms with Crippen LogP contribution < -0.4 is 9.64 Å². The maximum absolute atomic E-state index is 13.3. The lowest BCUT2D eigenvalue weighted by Crippen LogP contribution is -2.24. The second kappa shape index (κ2) is 8.53. The molecule has 2 aromatic carbocycles. The first-order valence-corrected chi connectivity index (χ1v) is 9.73. The number of hydrogen-bond acceptors (Lipinski definition) is 5. The quantitative estimate of drug-likeness (QED) is 0.530. The number of rotatable bonds is 5. The lowest BCUT2D eigenvalue weighted by molar-refractivity contribution is -0.136. The molecule has 1 N–H and O–H groups in total. The van der Waals surface area contributed by atoms with E-state index in [-0.39, 0.29) is 22.8 Å². The monoisotopic (exact) mass is 457 g/mol. The number of benzene rings is 2. The third kappa shape index (κ3) is 4.05. The van der Waals surface area contributed by atoms with Crippen LogP contribution in [0.3, 0.4) is 0 Å². The molecular formula is C22H20BrNO5. The van der Waals surface area contributed by atoms with E-state index in [1.807, 2.05) is 19.1 Å². The van der Waals surface area contributed by atoms with Crippen LogP contribution in [0.25, 0.3) is 6.08 Å². The van der Waals surface area contributed by atoms with Gasteiger partial charge in [-0.05, 0) is 55.8 Å². The van der Waals surface area contributed by atoms with Gasteiger partial charge in [0, 0.05) is 10.2 Å². The number of amides is 1. The van der Waals surface area contributed by atoms with Gasteiger partial charge in [0.05, 0.1) is 30.6 Å². The molecule has 0 spiro atoms. The average Bonchev–Trinajstić information content (AvgIpc) is 2.94. The molecule has 6 nitrogen and oxygen atoms in total. The van der Waals surface area contributed by atoms with Crippen LogP contribution >= 0.6 is 15.9 Å². The zero-order valence-corrected chi connectivity index (χ0v) is 17.8. The van der Waals surface area contributed by atoms with Gasteiger partial charge in [-0.15, -0.1) is 0 Å². The summed E-state index contributed by atoms with van der Waals surface area (Å²) in [5.74, 6) is -0.630. The normalized spacial score (nSPS) is 15.2. The standard InChI is InChI=1S/C22H20BrNO5/c1-4-29-19-11-14(8-9-18(19)25)10-17-20(22(27)28-3)13(2)24(21(17)26)16-7-5-6-15(23)12-16/h5-12,25H,4H2,1-3H3/b17-10-. The van der Waals surface area contributed by atoms with Gasteiger partial charge in [-0.3, -0.25) is 9.69 Å². The number of hydrogen-bond donors (Lipinski definition) is 1. The van der Waals surface area contributed by atoms with Gasteiger partial charge in [-0.25, -0.2) is 4.79 Å². The molecule has 2 aromatic rings. The summed E-state index contributed by atoms with van der Waals surface area (Å²) in [5.41, 5.74) is 2.13. The maximum atomic E-state index is 13.3. The predicted molar refractivity (Wildman–Crippen MR) is 114 cm³/mol. The largest absolute Gasteiger partial charge is 0.504 e. The third-order valence-corrected chi connectivity index (χ3v) is 4.94. The molecule has 1 heterocycles. The molecule has 0 saturated heterocycles. The summed E-state index contributed by atoms with van der Waals surface area (Å²) in [6, 6.07) is 12.0. The molecule has 0 bridgehead atoms. The highest BCUT2D eigenvalue weighted by Gasteiger charge is 2.38. The van der Waals surface area contributed by atoms with Gasteiger partial charge < -0.3 is 14.6 Å². The number of nitrogens with zero attached hydrogens (tertiary/aromatic N) is 1. The Kier molecular flexibility index (Phi) is 6.08. The van der Waals surface area contributed by atoms with Crippen LogP contribution in [0, 0.1) is 0 Å². The second-order valence-electron chi connectivity index (χ2n) is 6.29. The molecule has 7 heteroatoms. The summed E-state index contributed by atoms with van der Waals surface area (Å²) in [6.07, 6.45) is 1.60. The topological polar surface area (TPSA) is 76.1 Å². The predicted octanol–water partition coefficient (Wildman–Crippen LogP) is 4.43. The minimum atomic E-state index is -0.594. The number of phenols is 1. The average molecular weight is 458 g/mol. The van der Waals surface area contributed by atoms with E-state index >= 15 is 0 Å². The van der Waals surface area contributed by atoms with E-state index < -0.39 is 5.97 Å². The molecule has 0 radical (unpaired) electrons. The van der Waals surface area contributed by atoms with Crippen LogP contribution in [0.1, 0.15) is 19.4 Å². The Bertz CT molecular complexity index is 1040. The van der Waals surface area contributed by atoms with Crippen molar-refractivity contribution >= 4 is 39.6 Å². The van der Waals surface area contributed by atoms with Crippen molar-refractivity contribution in [3.63, 3.8) is 0 Å². The number of allylic oxidation sites excluding steroid dienone is 1. The Morgan fingerprint density at radius 2 is 2.00 bits per heavy atom. The number of anilines is 1. The van der Waals surface area contributed by atoms with E-state index in [2.05, 4.69) is 15.9 Å². The summed E-state index contributed by atoms with van der Waals surface area (Å²) in [5, 5.41) is 9.91. The first-order chi connectivity index (χ1) is 13.9. The molecule has 29 heavy (non-hydrogen) atoms. The van der Waals surface area contributed by atoms with Crippen molar-refractivity contribution in [3.05, 3.63) is 69.3 Å². The first kappa shape index (κ1) is 20.7. The fraction of sp³-hybridized carbons (Fsp3) is 0.182. The number of methoxy groups -OCH3 is 1. The molecule has 0 aliphatic carbocycles. The molecule has 0 atom stereocenters. The van der Waals surface area contributed by atoms with Gasteiger partial charge in [-0.1, -0.05) is 28.1 Å². The number of ether oxygens (including phenoxy) is 2. The molecule has 1 amide bonds. The lowest BCUT2D eigenvalue weighted by Gasteiger charge is -2.18. The zero-order chi connectivity index (χ0) is 21.1. The molecule has 1 aliphatic heterocycles. The van der Waals surface area contributed by atoms with E-state index in [0.29, 0.717) is 29.3 Å². The maximum Gasteiger partial charge on any atom is 0.340 e. The number of halogens is 1. The lowest BCUT2D eigenvalue weighted by atomic mass is 10.0. The van der Waals surface area contributed by atoms with Crippen molar-refractivity contribution in [2.75, 3.05) is 18.6 Å². The Labute approximate surface area is 177 Å². The van der Waals surface area contributed by atoms with E-state index in [4.69, 9.17) is 9.47 Å². The third-order valence-electron chi connectivity index (χ3n) is 4.45. The SMILES string of the molecule is CCOc1cc(/C=C2\C(=O)N(c3cccc(Br)c3)C(C)=C2C(=O)OC)ccc1O. The Morgan fingerprint density at radius 3 is 2.66 bits per heavy atom. The van der Waals surface area contributed by atoms with Crippen molar-refractivity contribution in [1.82, 2.24) is 0 Å². The number of carbonyl (C=O) groups is 2. The minimum Gasteiger partial charge on any atom is -0.504 e. The van der Waals surface area contributed by atoms with Crippen LogP contribution in [0.2, 0.25) is 0 Å². The van der Waals surface area contributed by atoms with Crippen molar-refractivity contribution in [2.45, 2.75) is 13.8 Å². The van der Waals surface area contributed by atoms with E-state index in [1.54, 1.807) is 37.3 Å². The summed E-state index contributed by atoms with van der Waals surface area (Å²) in [4.78, 5) is 27.2. The van der Waals surface area contributed by atoms with Crippen LogP contribution in [0.4, 0.5) is 5.69 Å². The van der Waals surface area contributed by atoms with Gasteiger partial charge in [0.2, 0.25) is 0 Å². The van der Waals surface area contributed by atoms with Crippen LogP contribution in [-0.2, 0) is 14.3 Å². The fourth-order valence-electron chi connectivity index (χ4n) is 3.16. The highest BCUT2D eigenvalue weighted by Crippen LogP contribution is 2.37. The highest BCUT2D eigenvalue weighted by atomic mass is 79.9. The number of carbonyl (C=O) groups excluding carboxylic acids is 2. The fourth-order valence-corrected chi connectivity index (χ4v) is 3.55. The van der Waals surface area contributed by atoms with Crippen molar-refractivity contribution in [2.24, 2.45) is 0 Å². The molecule has 1 aliphatic rings. The molecule has 3 rings (SSSR count). The van der Waals surface area contributed by atoms with E-state index in [0.717, 1.165) is 4.47 Å². The van der Waals surface area contributed by atoms with Crippen molar-refractivity contribution < 1.29 is 24.2 Å². The summed E-state index contributed by atoms with van der Waals surface area (Å²) < 4.78 is 11.1. The molecule has 150 valence electrons. The van der Waals surface area contributed by atoms with Gasteiger partial charge in [0.25, 0.3) is 5.91 Å². The van der Waals surface area contributed by atoms with Crippen molar-refractivity contribution in [3.8, 4) is 11.5 Å². The molecule has 0 fully saturated rings. The zero-order valence-electron chi connectivity index (χ0n) is 16.2. The number of aromatic hydroxyl groups is 1. The highest BCUT2D eigenvalue weighted by molar-refractivity contribution is 9.10. The summed E-state index contributed by atoms with van der Waals surface area (Å²) >= 11 is 3.41. The van der Waals surface area contributed by atoms with Crippen LogP contribution in [-0.4, -0.2) is 30.7 Å². The van der Waals surface area contributed by atoms with Crippen molar-refractivity contribution in [1.29, 1.82) is 0 Å². The smallest absolute Gasteiger partial charge is 0.340 e. The Hall–Kier alpha value is -3.06. The Balaban J connectivity index is 2.12. The molecular weight excluding hydrogens is 438 g/mol. The summed E-state index contributed by atoms with van der Waals surface area (Å²) in [7, 11) is 1.28. The first-order valence-electron chi connectivity index (χ1n) is 8.94. The van der Waals surface area contributed by atoms with Gasteiger partial charge in [0.1, 0.15) is 0 Å². The van der Waals surface area contributed by atoms with Gasteiger partial charge >= 0.3 is 5.97 Å². The number of esters is 1. The minimum absolute atomic E-state index is 0.00225. The second-order valence-corrected chi connectivity index (χ2v) is 7.21. The van der Waals surface area contributed by atoms with Crippen LogP contribution in [0.5, 0.6) is 11.5 Å². The Morgan fingerprint density at radius 1 is 1.24 bits per heavy atom. The molecule has 0 aromatic heterocycles. The van der Waals surface area contributed by atoms with Crippen LogP contribution in [0.15, 0.2) is 63.8 Å². The van der Waals surface area contributed by atoms with E-state index in [9.17, 15) is 14.7 Å². The van der Waals surface area contributed by atoms with Gasteiger partial charge in [0.15, 0.2) is 11.5 Å². The summed E-state index contributed by atoms with van der Waals surface area (Å²) in [6.45, 7) is 3.90. The number of phenolic OH excluding ortho intramolecular Hbond substituents is 1. The molecule has 0 unspecified atom stereocenters. The van der Waals surface area contributed by atoms with Gasteiger partial charge in [-0.2, -0.15) is 0 Å². The van der Waals surface area contributed by atoms with E-state index in [1.165, 1.54) is 18.1 Å². The molecule has 0 saturated carbocycles.